The van der Waals surface area contributed by atoms with Crippen molar-refractivity contribution in [3.63, 3.8) is 0 Å². The van der Waals surface area contributed by atoms with E-state index < -0.39 is 66.1 Å². The Hall–Kier alpha value is -5.63. The minimum Gasteiger partial charge on any atom is -0.481 e. The maximum Gasteiger partial charge on any atom is 0.308 e. The molecule has 4 unspecified atom stereocenters. The summed E-state index contributed by atoms with van der Waals surface area (Å²) >= 11 is 0. The van der Waals surface area contributed by atoms with Crippen LogP contribution in [0.5, 0.6) is 5.75 Å². The second kappa shape index (κ2) is 34.9. The van der Waals surface area contributed by atoms with E-state index >= 15 is 0 Å². The molecule has 24 nitrogen and oxygen atoms in total. The van der Waals surface area contributed by atoms with Crippen molar-refractivity contribution in [3.05, 3.63) is 35.7 Å². The van der Waals surface area contributed by atoms with E-state index in [-0.39, 0.29) is 151 Å². The maximum atomic E-state index is 13.6. The van der Waals surface area contributed by atoms with E-state index in [1.165, 1.54) is 16.1 Å². The number of likely N-dealkylation sites (tertiary alicyclic amines) is 1. The molecule has 4 atom stereocenters. The lowest BCUT2D eigenvalue weighted by Gasteiger charge is -2.29. The average Bonchev–Trinajstić information content (AvgIpc) is 3.63. The number of nitrogens with one attached hydrogen (secondary N) is 2. The van der Waals surface area contributed by atoms with Crippen LogP contribution in [-0.4, -0.2) is 177 Å². The number of ether oxygens (including phenoxy) is 6. The predicted octanol–water partition coefficient (Wildman–Crippen LogP) is 2.05. The Labute approximate surface area is 448 Å². The molecule has 1 saturated heterocycles. The number of hydrogen-bond acceptors (Lipinski definition) is 19. The number of hydrazine groups is 1. The molecule has 0 saturated carbocycles. The zero-order valence-corrected chi connectivity index (χ0v) is 46.7. The Morgan fingerprint density at radius 3 is 2.17 bits per heavy atom. The molecule has 0 spiro atoms. The molecular formula is C52H90N8O16. The van der Waals surface area contributed by atoms with Gasteiger partial charge in [-0.3, -0.25) is 38.5 Å². The number of amides is 5. The highest BCUT2D eigenvalue weighted by Gasteiger charge is 2.40. The number of nitrogens with zero attached hydrogens (tertiary/aromatic N) is 3. The molecule has 1 aliphatic heterocycles. The smallest absolute Gasteiger partial charge is 0.308 e. The molecule has 11 N–H and O–H groups in total. The molecule has 1 heterocycles. The van der Waals surface area contributed by atoms with Gasteiger partial charge in [0.1, 0.15) is 25.1 Å². The van der Waals surface area contributed by atoms with Crippen LogP contribution in [0.1, 0.15) is 113 Å². The molecule has 2 rings (SSSR count). The maximum absolute atomic E-state index is 13.6. The van der Waals surface area contributed by atoms with Crippen molar-refractivity contribution in [2.75, 3.05) is 98.4 Å². The summed E-state index contributed by atoms with van der Waals surface area (Å²) < 4.78 is 34.3. The average molecular weight is 1080 g/mol. The molecule has 1 aromatic carbocycles. The summed E-state index contributed by atoms with van der Waals surface area (Å²) in [5, 5.41) is 32.8. The summed E-state index contributed by atoms with van der Waals surface area (Å²) in [6.45, 7) is 18.1. The standard InChI is InChI=1S/C51H86N8O15.CH4O/c1-11-35(6)72-47(28-60)73-40-13-12-36(22-39(40)53)41(74-49(68)34(4)5)23-37(52)26-58(54)18-17-57(27-43(62)56-30-51(9,10)32-71-31-50(7,8)25-46(65)66)45(64)29-70-21-20-69-19-15-55-42(61)14-16-59-44(63)24-38(33(2)3)48(59)67;1-2/h12-13,22,26,33-35,38,41,47,60H,11,14-21,23-25,27-32,52-54H2,1-10H3,(H,55,61)(H,56,62)(H,65,66);2H,1H3/b37-26-;. The Bertz CT molecular complexity index is 2020. The fraction of sp³-hybridized carbons (Fsp3) is 0.712. The van der Waals surface area contributed by atoms with Gasteiger partial charge < -0.3 is 75.8 Å². The first-order chi connectivity index (χ1) is 35.7. The van der Waals surface area contributed by atoms with Gasteiger partial charge in [-0.15, -0.1) is 0 Å². The topological polar surface area (TPSA) is 347 Å². The van der Waals surface area contributed by atoms with E-state index in [9.17, 15) is 43.8 Å². The number of anilines is 1. The number of carbonyl (C=O) groups excluding carboxylic acids is 6. The number of hydrogen-bond donors (Lipinski definition) is 8. The number of benzene rings is 1. The number of aliphatic carboxylic acids is 1. The van der Waals surface area contributed by atoms with Gasteiger partial charge >= 0.3 is 11.9 Å². The second-order valence-electron chi connectivity index (χ2n) is 20.8. The van der Waals surface area contributed by atoms with Crippen LogP contribution < -0.4 is 32.7 Å². The molecular weight excluding hydrogens is 993 g/mol. The Morgan fingerprint density at radius 1 is 0.921 bits per heavy atom. The first kappa shape index (κ1) is 68.4. The number of imide groups is 1. The number of carboxylic acids is 1. The normalized spacial score (nSPS) is 15.2. The molecule has 1 fully saturated rings. The third-order valence-electron chi connectivity index (χ3n) is 11.8. The van der Waals surface area contributed by atoms with Crippen LogP contribution in [0.2, 0.25) is 0 Å². The lowest BCUT2D eigenvalue weighted by Crippen LogP contribution is -2.47. The number of aliphatic hydroxyl groups is 2. The number of nitrogen functional groups attached to an aromatic ring is 1. The molecule has 5 amide bonds. The molecule has 1 aliphatic rings. The third-order valence-corrected chi connectivity index (χ3v) is 11.8. The first-order valence-corrected chi connectivity index (χ1v) is 25.7. The van der Waals surface area contributed by atoms with Crippen molar-refractivity contribution in [3.8, 4) is 5.75 Å². The number of esters is 1. The number of carbonyl (C=O) groups is 7. The van der Waals surface area contributed by atoms with Crippen LogP contribution in [0.3, 0.4) is 0 Å². The van der Waals surface area contributed by atoms with E-state index in [2.05, 4.69) is 10.6 Å². The molecule has 0 bridgehead atoms. The third kappa shape index (κ3) is 26.9. The van der Waals surface area contributed by atoms with Crippen molar-refractivity contribution in [1.29, 1.82) is 0 Å². The summed E-state index contributed by atoms with van der Waals surface area (Å²) in [7, 11) is 1.00. The second-order valence-corrected chi connectivity index (χ2v) is 20.8. The van der Waals surface area contributed by atoms with Gasteiger partial charge in [-0.25, -0.2) is 5.84 Å². The quantitative estimate of drug-likeness (QED) is 0.00899. The van der Waals surface area contributed by atoms with Crippen LogP contribution >= 0.6 is 0 Å². The van der Waals surface area contributed by atoms with E-state index in [1.54, 1.807) is 45.9 Å². The highest BCUT2D eigenvalue weighted by atomic mass is 16.7. The highest BCUT2D eigenvalue weighted by Crippen LogP contribution is 2.32. The molecule has 0 radical (unpaired) electrons. The number of rotatable bonds is 37. The molecule has 1 aromatic rings. The van der Waals surface area contributed by atoms with Gasteiger partial charge in [-0.2, -0.15) is 0 Å². The summed E-state index contributed by atoms with van der Waals surface area (Å²) in [5.41, 5.74) is 12.6. The van der Waals surface area contributed by atoms with Crippen molar-refractivity contribution in [1.82, 2.24) is 25.4 Å². The zero-order valence-electron chi connectivity index (χ0n) is 46.7. The van der Waals surface area contributed by atoms with Crippen molar-refractivity contribution in [2.45, 2.75) is 120 Å². The highest BCUT2D eigenvalue weighted by molar-refractivity contribution is 6.03. The number of carboxylic acid groups (broad SMARTS) is 1. The largest absolute Gasteiger partial charge is 0.481 e. The van der Waals surface area contributed by atoms with Gasteiger partial charge in [0.05, 0.1) is 70.3 Å². The van der Waals surface area contributed by atoms with Crippen LogP contribution in [0, 0.1) is 28.6 Å². The van der Waals surface area contributed by atoms with Gasteiger partial charge in [-0.05, 0) is 42.4 Å². The Morgan fingerprint density at radius 2 is 1.58 bits per heavy atom. The van der Waals surface area contributed by atoms with Gasteiger partial charge in [0.15, 0.2) is 0 Å². The van der Waals surface area contributed by atoms with Gasteiger partial charge in [0, 0.05) is 75.8 Å². The lowest BCUT2D eigenvalue weighted by atomic mass is 9.90. The van der Waals surface area contributed by atoms with E-state index in [0.717, 1.165) is 12.0 Å². The molecule has 76 heavy (non-hydrogen) atoms. The number of nitrogens with two attached hydrogens (primary N) is 3. The van der Waals surface area contributed by atoms with Crippen molar-refractivity contribution in [2.24, 2.45) is 40.2 Å². The predicted molar refractivity (Wildman–Crippen MR) is 282 cm³/mol. The van der Waals surface area contributed by atoms with Gasteiger partial charge in [-0.1, -0.05) is 68.4 Å². The van der Waals surface area contributed by atoms with E-state index in [1.807, 2.05) is 41.5 Å². The van der Waals surface area contributed by atoms with Crippen LogP contribution in [0.15, 0.2) is 30.1 Å². The summed E-state index contributed by atoms with van der Waals surface area (Å²) in [6, 6.07) is 4.82. The van der Waals surface area contributed by atoms with Crippen molar-refractivity contribution < 1.29 is 77.3 Å². The zero-order chi connectivity index (χ0) is 57.8. The van der Waals surface area contributed by atoms with Crippen LogP contribution in [0.25, 0.3) is 0 Å². The fourth-order valence-corrected chi connectivity index (χ4v) is 7.24. The Balaban J connectivity index is 0.0000143. The molecule has 0 aromatic heterocycles. The SMILES string of the molecule is CCC(C)OC(CO)Oc1ccc(C(C/C(N)=C/N(N)CCN(CC(=O)NCC(C)(C)COCC(C)(C)CC(=O)O)C(=O)COCCOCCNC(=O)CCN2C(=O)CC(C(C)C)C2=O)OC(=O)C(C)C)cc1N.CO. The first-order valence-electron chi connectivity index (χ1n) is 25.7. The van der Waals surface area contributed by atoms with Crippen molar-refractivity contribution >= 4 is 47.2 Å². The summed E-state index contributed by atoms with van der Waals surface area (Å²) in [6.07, 6.45) is 0.147. The lowest BCUT2D eigenvalue weighted by molar-refractivity contribution is -0.153. The summed E-state index contributed by atoms with van der Waals surface area (Å²) in [5.74, 6) is 2.53. The number of aliphatic hydroxyl groups excluding tert-OH is 2. The van der Waals surface area contributed by atoms with E-state index in [0.29, 0.717) is 12.0 Å². The van der Waals surface area contributed by atoms with E-state index in [4.69, 9.17) is 50.8 Å². The minimum absolute atomic E-state index is 0.00327. The van der Waals surface area contributed by atoms with Gasteiger partial charge in [0.25, 0.3) is 0 Å². The fourth-order valence-electron chi connectivity index (χ4n) is 7.24. The Kier molecular flexibility index (Phi) is 31.4. The van der Waals surface area contributed by atoms with Crippen LogP contribution in [-0.2, 0) is 57.2 Å². The van der Waals surface area contributed by atoms with Gasteiger partial charge in [0.2, 0.25) is 35.8 Å². The molecule has 434 valence electrons. The summed E-state index contributed by atoms with van der Waals surface area (Å²) in [4.78, 5) is 90.6. The molecule has 24 heteroatoms. The molecule has 0 aliphatic carbocycles. The van der Waals surface area contributed by atoms with Crippen LogP contribution in [0.4, 0.5) is 5.69 Å². The monoisotopic (exact) mass is 1080 g/mol. The minimum atomic E-state index is -0.954.